The number of benzene rings is 2. The number of furan rings is 1. The largest absolute Gasteiger partial charge is 0.493 e. The molecular formula is C25H26ClNO4. The Bertz CT molecular complexity index is 1150. The summed E-state index contributed by atoms with van der Waals surface area (Å²) >= 11 is 6.23. The maximum atomic E-state index is 12.9. The number of nitrogens with one attached hydrogen (secondary N) is 1. The first-order valence-corrected chi connectivity index (χ1v) is 11.2. The van der Waals surface area contributed by atoms with Crippen LogP contribution < -0.4 is 14.8 Å². The van der Waals surface area contributed by atoms with Crippen LogP contribution in [0.15, 0.2) is 40.8 Å². The topological polar surface area (TPSA) is 60.7 Å². The fourth-order valence-electron chi connectivity index (χ4n) is 4.78. The number of amides is 1. The summed E-state index contributed by atoms with van der Waals surface area (Å²) in [4.78, 5) is 12.9. The van der Waals surface area contributed by atoms with Gasteiger partial charge < -0.3 is 19.2 Å². The lowest BCUT2D eigenvalue weighted by molar-refractivity contribution is -0.123. The Morgan fingerprint density at radius 3 is 2.84 bits per heavy atom. The summed E-state index contributed by atoms with van der Waals surface area (Å²) in [6, 6.07) is 11.6. The maximum absolute atomic E-state index is 12.9. The minimum atomic E-state index is -0.143. The lowest BCUT2D eigenvalue weighted by Crippen LogP contribution is -2.49. The number of carbonyl (C=O) groups is 1. The smallest absolute Gasteiger partial charge is 0.220 e. The number of ether oxygens (including phenoxy) is 2. The molecule has 1 aromatic heterocycles. The second-order valence-corrected chi connectivity index (χ2v) is 9.15. The van der Waals surface area contributed by atoms with Gasteiger partial charge in [0.25, 0.3) is 0 Å². The molecule has 31 heavy (non-hydrogen) atoms. The Hall–Kier alpha value is -2.66. The predicted molar refractivity (Wildman–Crippen MR) is 120 cm³/mol. The molecule has 1 spiro atoms. The Morgan fingerprint density at radius 1 is 1.26 bits per heavy atom. The van der Waals surface area contributed by atoms with E-state index in [2.05, 4.69) is 11.4 Å². The minimum absolute atomic E-state index is 0.0229. The van der Waals surface area contributed by atoms with Crippen LogP contribution in [0.1, 0.15) is 55.0 Å². The molecule has 1 aliphatic heterocycles. The van der Waals surface area contributed by atoms with Crippen molar-refractivity contribution in [3.05, 3.63) is 58.3 Å². The van der Waals surface area contributed by atoms with Gasteiger partial charge in [-0.1, -0.05) is 11.6 Å². The number of carbonyl (C=O) groups excluding carboxylic acids is 1. The summed E-state index contributed by atoms with van der Waals surface area (Å²) in [6.45, 7) is 1.92. The second kappa shape index (κ2) is 7.79. The number of hydrogen-bond donors (Lipinski definition) is 1. The van der Waals surface area contributed by atoms with Gasteiger partial charge in [0.1, 0.15) is 17.1 Å². The molecule has 5 nitrogen and oxygen atoms in total. The summed E-state index contributed by atoms with van der Waals surface area (Å²) in [5.74, 6) is 2.40. The summed E-state index contributed by atoms with van der Waals surface area (Å²) < 4.78 is 17.5. The molecule has 3 aromatic rings. The molecule has 1 unspecified atom stereocenters. The molecule has 1 fully saturated rings. The van der Waals surface area contributed by atoms with Crippen LogP contribution in [-0.2, 0) is 11.2 Å². The molecule has 0 bridgehead atoms. The van der Waals surface area contributed by atoms with Gasteiger partial charge in [0.2, 0.25) is 5.91 Å². The van der Waals surface area contributed by atoms with Gasteiger partial charge in [-0.05, 0) is 74.6 Å². The highest BCUT2D eigenvalue weighted by molar-refractivity contribution is 6.30. The van der Waals surface area contributed by atoms with Gasteiger partial charge in [-0.15, -0.1) is 0 Å². The third kappa shape index (κ3) is 3.87. The van der Waals surface area contributed by atoms with Gasteiger partial charge in [0, 0.05) is 28.8 Å². The van der Waals surface area contributed by atoms with Crippen molar-refractivity contribution in [3.63, 3.8) is 0 Å². The molecule has 1 atom stereocenters. The first-order valence-electron chi connectivity index (χ1n) is 10.8. The van der Waals surface area contributed by atoms with Gasteiger partial charge in [-0.2, -0.15) is 0 Å². The zero-order valence-corrected chi connectivity index (χ0v) is 18.6. The Kier molecular flexibility index (Phi) is 5.09. The SMILES string of the molecule is COc1cc(CCC(=O)NC2CC3(CCC3)Oc3ccc(Cl)cc32)cc2cc(C)oc12. The van der Waals surface area contributed by atoms with E-state index in [0.29, 0.717) is 23.6 Å². The molecule has 1 amide bonds. The molecule has 162 valence electrons. The van der Waals surface area contributed by atoms with Crippen LogP contribution in [0.3, 0.4) is 0 Å². The van der Waals surface area contributed by atoms with Crippen LogP contribution in [0.2, 0.25) is 5.02 Å². The van der Waals surface area contributed by atoms with E-state index in [4.69, 9.17) is 25.5 Å². The Morgan fingerprint density at radius 2 is 2.10 bits per heavy atom. The molecule has 1 saturated carbocycles. The Labute approximate surface area is 186 Å². The van der Waals surface area contributed by atoms with Crippen molar-refractivity contribution in [2.45, 2.75) is 57.1 Å². The number of methoxy groups -OCH3 is 1. The molecule has 0 radical (unpaired) electrons. The van der Waals surface area contributed by atoms with Gasteiger partial charge >= 0.3 is 0 Å². The van der Waals surface area contributed by atoms with E-state index in [1.54, 1.807) is 7.11 Å². The summed E-state index contributed by atoms with van der Waals surface area (Å²) in [7, 11) is 1.63. The molecule has 1 aliphatic carbocycles. The highest BCUT2D eigenvalue weighted by atomic mass is 35.5. The fourth-order valence-corrected chi connectivity index (χ4v) is 4.96. The predicted octanol–water partition coefficient (Wildman–Crippen LogP) is 5.90. The van der Waals surface area contributed by atoms with Crippen molar-refractivity contribution in [1.82, 2.24) is 5.32 Å². The molecule has 6 heteroatoms. The van der Waals surface area contributed by atoms with Crippen molar-refractivity contribution < 1.29 is 18.7 Å². The summed E-state index contributed by atoms with van der Waals surface area (Å²) in [5, 5.41) is 4.89. The summed E-state index contributed by atoms with van der Waals surface area (Å²) in [6.07, 6.45) is 5.04. The normalized spacial score (nSPS) is 18.9. The molecule has 5 rings (SSSR count). The number of halogens is 1. The molecule has 1 N–H and O–H groups in total. The van der Waals surface area contributed by atoms with Crippen molar-refractivity contribution in [2.75, 3.05) is 7.11 Å². The van der Waals surface area contributed by atoms with Crippen LogP contribution >= 0.6 is 11.6 Å². The van der Waals surface area contributed by atoms with Crippen LogP contribution in [0.5, 0.6) is 11.5 Å². The van der Waals surface area contributed by atoms with E-state index >= 15 is 0 Å². The molecule has 2 aromatic carbocycles. The highest BCUT2D eigenvalue weighted by Crippen LogP contribution is 2.49. The second-order valence-electron chi connectivity index (χ2n) is 8.72. The highest BCUT2D eigenvalue weighted by Gasteiger charge is 2.45. The lowest BCUT2D eigenvalue weighted by Gasteiger charge is -2.48. The summed E-state index contributed by atoms with van der Waals surface area (Å²) in [5.41, 5.74) is 2.62. The molecule has 2 heterocycles. The molecule has 2 aliphatic rings. The zero-order valence-electron chi connectivity index (χ0n) is 17.8. The van der Waals surface area contributed by atoms with Crippen LogP contribution in [0.25, 0.3) is 11.0 Å². The monoisotopic (exact) mass is 439 g/mol. The molecular weight excluding hydrogens is 414 g/mol. The third-order valence-electron chi connectivity index (χ3n) is 6.48. The van der Waals surface area contributed by atoms with Crippen LogP contribution in [0.4, 0.5) is 0 Å². The first kappa shape index (κ1) is 20.3. The zero-order chi connectivity index (χ0) is 21.6. The van der Waals surface area contributed by atoms with Crippen molar-refractivity contribution in [3.8, 4) is 11.5 Å². The van der Waals surface area contributed by atoms with E-state index in [1.807, 2.05) is 37.3 Å². The average Bonchev–Trinajstić information content (AvgIpc) is 3.10. The number of rotatable bonds is 5. The quantitative estimate of drug-likeness (QED) is 0.537. The third-order valence-corrected chi connectivity index (χ3v) is 6.71. The van der Waals surface area contributed by atoms with E-state index < -0.39 is 0 Å². The number of hydrogen-bond acceptors (Lipinski definition) is 4. The van der Waals surface area contributed by atoms with Crippen LogP contribution in [0, 0.1) is 6.92 Å². The van der Waals surface area contributed by atoms with E-state index in [0.717, 1.165) is 52.9 Å². The van der Waals surface area contributed by atoms with Crippen molar-refractivity contribution >= 4 is 28.5 Å². The van der Waals surface area contributed by atoms with Gasteiger partial charge in [0.15, 0.2) is 11.3 Å². The standard InChI is InChI=1S/C25H26ClNO4/c1-15-10-17-11-16(12-22(29-2)24(17)30-15)4-7-23(28)27-20-14-25(8-3-9-25)31-21-6-5-18(26)13-19(20)21/h5-6,10-13,20H,3-4,7-9,14H2,1-2H3,(H,27,28). The average molecular weight is 440 g/mol. The Balaban J connectivity index is 1.31. The van der Waals surface area contributed by atoms with Crippen molar-refractivity contribution in [1.29, 1.82) is 0 Å². The van der Waals surface area contributed by atoms with Gasteiger partial charge in [-0.3, -0.25) is 4.79 Å². The number of fused-ring (bicyclic) bond motifs is 2. The number of aryl methyl sites for hydroxylation is 2. The van der Waals surface area contributed by atoms with E-state index in [1.165, 1.54) is 6.42 Å². The molecule has 0 saturated heterocycles. The van der Waals surface area contributed by atoms with E-state index in [9.17, 15) is 4.79 Å². The van der Waals surface area contributed by atoms with E-state index in [-0.39, 0.29) is 17.6 Å². The fraction of sp³-hybridized carbons (Fsp3) is 0.400. The lowest BCUT2D eigenvalue weighted by atomic mass is 9.73. The van der Waals surface area contributed by atoms with Crippen molar-refractivity contribution in [2.24, 2.45) is 0 Å². The first-order chi connectivity index (χ1) is 14.9. The van der Waals surface area contributed by atoms with Crippen LogP contribution in [-0.4, -0.2) is 18.6 Å². The minimum Gasteiger partial charge on any atom is -0.493 e. The van der Waals surface area contributed by atoms with Gasteiger partial charge in [-0.25, -0.2) is 0 Å². The van der Waals surface area contributed by atoms with Gasteiger partial charge in [0.05, 0.1) is 13.2 Å². The maximum Gasteiger partial charge on any atom is 0.220 e.